The molecule has 4 aromatic rings. The molecule has 0 bridgehead atoms. The number of H-pyrrole nitrogens is 1. The molecule has 37 heavy (non-hydrogen) atoms. The number of rotatable bonds is 7. The Hall–Kier alpha value is -2.91. The van der Waals surface area contributed by atoms with Crippen molar-refractivity contribution in [2.24, 2.45) is 0 Å². The number of nitrogens with zero attached hydrogens (tertiary/aromatic N) is 4. The summed E-state index contributed by atoms with van der Waals surface area (Å²) in [5.41, 5.74) is 6.25. The quantitative estimate of drug-likeness (QED) is 0.357. The number of aromatic amines is 1. The fourth-order valence-electron chi connectivity index (χ4n) is 4.80. The molecule has 7 nitrogen and oxygen atoms in total. The van der Waals surface area contributed by atoms with Crippen molar-refractivity contribution in [3.05, 3.63) is 114 Å². The highest BCUT2D eigenvalue weighted by atomic mass is 35.5. The Kier molecular flexibility index (Phi) is 9.73. The van der Waals surface area contributed by atoms with E-state index in [4.69, 9.17) is 0 Å². The van der Waals surface area contributed by atoms with Gasteiger partial charge in [0.25, 0.3) is 0 Å². The van der Waals surface area contributed by atoms with Gasteiger partial charge in [0.05, 0.1) is 24.8 Å². The first-order valence-corrected chi connectivity index (χ1v) is 13.6. The van der Waals surface area contributed by atoms with Gasteiger partial charge in [0.15, 0.2) is 0 Å². The first kappa shape index (κ1) is 28.7. The molecule has 0 radical (unpaired) electrons. The van der Waals surface area contributed by atoms with E-state index in [0.717, 1.165) is 33.8 Å². The summed E-state index contributed by atoms with van der Waals surface area (Å²) in [5, 5.41) is 0. The average Bonchev–Trinajstić information content (AvgIpc) is 3.30. The number of hydrogen-bond acceptors (Lipinski definition) is 5. The van der Waals surface area contributed by atoms with Gasteiger partial charge < -0.3 is 9.88 Å². The highest BCUT2D eigenvalue weighted by molar-refractivity contribution is 7.88. The Bertz CT molecular complexity index is 1370. The number of pyridine rings is 1. The third-order valence-electron chi connectivity index (χ3n) is 6.42. The first-order valence-electron chi connectivity index (χ1n) is 11.7. The number of aromatic nitrogens is 3. The average molecular weight is 561 g/mol. The second-order valence-corrected chi connectivity index (χ2v) is 11.0. The number of sulfonamides is 1. The number of imidazole rings is 1. The zero-order chi connectivity index (χ0) is 24.3. The van der Waals surface area contributed by atoms with E-state index in [1.54, 1.807) is 16.8 Å². The molecule has 2 aromatic carbocycles. The number of fused-ring (bicyclic) bond motifs is 1. The summed E-state index contributed by atoms with van der Waals surface area (Å²) in [6, 6.07) is 22.2. The van der Waals surface area contributed by atoms with Crippen molar-refractivity contribution in [3.63, 3.8) is 0 Å². The number of benzene rings is 2. The number of hydrogen-bond donors (Lipinski definition) is 1. The van der Waals surface area contributed by atoms with Crippen LogP contribution in [0.3, 0.4) is 0 Å². The molecule has 0 saturated heterocycles. The van der Waals surface area contributed by atoms with Crippen LogP contribution >= 0.6 is 24.8 Å². The molecule has 0 fully saturated rings. The highest BCUT2D eigenvalue weighted by Crippen LogP contribution is 2.32. The van der Waals surface area contributed by atoms with E-state index in [1.165, 1.54) is 6.26 Å². The molecule has 1 unspecified atom stereocenters. The Morgan fingerprint density at radius 3 is 2.46 bits per heavy atom. The van der Waals surface area contributed by atoms with Crippen molar-refractivity contribution in [2.45, 2.75) is 32.0 Å². The highest BCUT2D eigenvalue weighted by Gasteiger charge is 2.33. The molecule has 3 heterocycles. The molecule has 1 atom stereocenters. The van der Waals surface area contributed by atoms with E-state index in [1.807, 2.05) is 42.6 Å². The molecular weight excluding hydrogens is 529 g/mol. The van der Waals surface area contributed by atoms with E-state index >= 15 is 0 Å². The molecule has 10 heteroatoms. The summed E-state index contributed by atoms with van der Waals surface area (Å²) < 4.78 is 27.7. The second kappa shape index (κ2) is 12.6. The third kappa shape index (κ3) is 7.11. The minimum Gasteiger partial charge on any atom is -0.364 e. The molecule has 1 aliphatic heterocycles. The monoisotopic (exact) mass is 559 g/mol. The van der Waals surface area contributed by atoms with E-state index in [0.29, 0.717) is 32.5 Å². The molecule has 1 N–H and O–H groups in total. The maximum Gasteiger partial charge on any atom is 0.211 e. The van der Waals surface area contributed by atoms with Crippen LogP contribution in [0.4, 0.5) is 5.69 Å². The zero-order valence-electron chi connectivity index (χ0n) is 20.5. The summed E-state index contributed by atoms with van der Waals surface area (Å²) in [6.45, 7) is 1.53. The Balaban J connectivity index is 0.00000190. The fraction of sp³-hybridized carbons (Fsp3) is 0.259. The van der Waals surface area contributed by atoms with Crippen molar-refractivity contribution in [3.8, 4) is 0 Å². The van der Waals surface area contributed by atoms with Crippen molar-refractivity contribution >= 4 is 40.5 Å². The minimum absolute atomic E-state index is 0. The van der Waals surface area contributed by atoms with Crippen LogP contribution in [0.5, 0.6) is 0 Å². The summed E-state index contributed by atoms with van der Waals surface area (Å²) in [7, 11) is -3.44. The number of nitrogens with one attached hydrogen (secondary N) is 1. The molecule has 0 spiro atoms. The van der Waals surface area contributed by atoms with Crippen LogP contribution in [-0.4, -0.2) is 46.5 Å². The summed E-state index contributed by atoms with van der Waals surface area (Å²) in [6.07, 6.45) is 7.94. The Morgan fingerprint density at radius 2 is 1.78 bits per heavy atom. The van der Waals surface area contributed by atoms with E-state index in [9.17, 15) is 8.42 Å². The third-order valence-corrected chi connectivity index (χ3v) is 7.70. The van der Waals surface area contributed by atoms with Gasteiger partial charge >= 0.3 is 0 Å². The lowest BCUT2D eigenvalue weighted by Gasteiger charge is -2.31. The van der Waals surface area contributed by atoms with Crippen LogP contribution in [0.1, 0.15) is 28.1 Å². The van der Waals surface area contributed by atoms with Crippen molar-refractivity contribution in [1.29, 1.82) is 0 Å². The van der Waals surface area contributed by atoms with Crippen LogP contribution in [0, 0.1) is 0 Å². The van der Waals surface area contributed by atoms with Crippen molar-refractivity contribution < 1.29 is 8.42 Å². The van der Waals surface area contributed by atoms with Gasteiger partial charge in [-0.05, 0) is 41.3 Å². The molecule has 2 aromatic heterocycles. The number of halogens is 2. The van der Waals surface area contributed by atoms with Gasteiger partial charge in [-0.2, -0.15) is 4.31 Å². The molecule has 196 valence electrons. The Morgan fingerprint density at radius 1 is 1.00 bits per heavy atom. The van der Waals surface area contributed by atoms with Gasteiger partial charge in [0.1, 0.15) is 0 Å². The van der Waals surface area contributed by atoms with Crippen LogP contribution in [0.25, 0.3) is 0 Å². The summed E-state index contributed by atoms with van der Waals surface area (Å²) >= 11 is 0. The lowest BCUT2D eigenvalue weighted by molar-refractivity contribution is 0.320. The normalized spacial score (nSPS) is 15.7. The largest absolute Gasteiger partial charge is 0.364 e. The number of anilines is 1. The summed E-state index contributed by atoms with van der Waals surface area (Å²) in [5.74, 6) is 0. The lowest BCUT2D eigenvalue weighted by atomic mass is 10.0. The SMILES string of the molecule is CS(=O)(=O)N1Cc2cc(Cc3ccccn3)ccc2N(Cc2cnc[nH]2)CC1Cc1ccccc1.Cl.Cl. The van der Waals surface area contributed by atoms with E-state index in [-0.39, 0.29) is 30.9 Å². The maximum absolute atomic E-state index is 13.0. The second-order valence-electron chi connectivity index (χ2n) is 9.07. The van der Waals surface area contributed by atoms with Crippen LogP contribution in [-0.2, 0) is 36.0 Å². The van der Waals surface area contributed by atoms with Crippen molar-refractivity contribution in [2.75, 3.05) is 17.7 Å². The van der Waals surface area contributed by atoms with Gasteiger partial charge in [0.2, 0.25) is 10.0 Å². The lowest BCUT2D eigenvalue weighted by Crippen LogP contribution is -2.45. The topological polar surface area (TPSA) is 82.2 Å². The van der Waals surface area contributed by atoms with Gasteiger partial charge in [-0.25, -0.2) is 13.4 Å². The van der Waals surface area contributed by atoms with Crippen LogP contribution in [0.15, 0.2) is 85.5 Å². The Labute approximate surface area is 230 Å². The van der Waals surface area contributed by atoms with Gasteiger partial charge in [-0.15, -0.1) is 24.8 Å². The predicted octanol–water partition coefficient (Wildman–Crippen LogP) is 4.63. The van der Waals surface area contributed by atoms with Crippen molar-refractivity contribution in [1.82, 2.24) is 19.3 Å². The molecule has 0 saturated carbocycles. The molecule has 0 amide bonds. The molecule has 5 rings (SSSR count). The summed E-state index contributed by atoms with van der Waals surface area (Å²) in [4.78, 5) is 14.1. The minimum atomic E-state index is -3.44. The smallest absolute Gasteiger partial charge is 0.211 e. The van der Waals surface area contributed by atoms with Gasteiger partial charge in [-0.3, -0.25) is 4.98 Å². The van der Waals surface area contributed by atoms with Crippen LogP contribution < -0.4 is 4.90 Å². The van der Waals surface area contributed by atoms with Gasteiger partial charge in [0, 0.05) is 49.3 Å². The molecule has 1 aliphatic rings. The fourth-order valence-corrected chi connectivity index (χ4v) is 5.86. The van der Waals surface area contributed by atoms with Crippen LogP contribution in [0.2, 0.25) is 0 Å². The zero-order valence-corrected chi connectivity index (χ0v) is 23.0. The van der Waals surface area contributed by atoms with Gasteiger partial charge in [-0.1, -0.05) is 48.5 Å². The first-order chi connectivity index (χ1) is 17.0. The standard InChI is InChI=1S/C27H29N5O2S.2ClH/c1-35(33,34)32-17-23-13-22(14-24-9-5-6-12-29-24)10-11-27(23)31(18-25-16-28-20-30-25)19-26(32)15-21-7-3-2-4-8-21;;/h2-13,16,20,26H,14-15,17-19H2,1H3,(H,28,30);2*1H. The van der Waals surface area contributed by atoms with E-state index < -0.39 is 10.0 Å². The molecular formula is C27H31Cl2N5O2S. The molecule has 0 aliphatic carbocycles. The van der Waals surface area contributed by atoms with E-state index in [2.05, 4.69) is 50.2 Å². The predicted molar refractivity (Wildman–Crippen MR) is 152 cm³/mol. The maximum atomic E-state index is 13.0.